The van der Waals surface area contributed by atoms with Gasteiger partial charge in [0.25, 0.3) is 0 Å². The van der Waals surface area contributed by atoms with Gasteiger partial charge >= 0.3 is 5.97 Å². The van der Waals surface area contributed by atoms with Crippen molar-refractivity contribution in [1.82, 2.24) is 15.0 Å². The van der Waals surface area contributed by atoms with Gasteiger partial charge in [0.2, 0.25) is 5.91 Å². The molecule has 0 atom stereocenters. The Balaban J connectivity index is 2.03. The van der Waals surface area contributed by atoms with Crippen LogP contribution in [0.5, 0.6) is 0 Å². The molecule has 2 rings (SSSR count). The molecule has 2 N–H and O–H groups in total. The number of hydrogen-bond acceptors (Lipinski definition) is 4. The van der Waals surface area contributed by atoms with Crippen molar-refractivity contribution in [2.24, 2.45) is 0 Å². The van der Waals surface area contributed by atoms with Gasteiger partial charge in [0.1, 0.15) is 12.4 Å². The fourth-order valence-electron chi connectivity index (χ4n) is 1.61. The van der Waals surface area contributed by atoms with Gasteiger partial charge in [0, 0.05) is 5.69 Å². The molecule has 21 heavy (non-hydrogen) atoms. The molecule has 9 heteroatoms. The van der Waals surface area contributed by atoms with Crippen molar-refractivity contribution in [1.29, 1.82) is 0 Å². The SMILES string of the molecule is O=C(O)Cc1cnnn1CC(=O)Nc1ccc(F)c(Cl)c1. The first-order valence-corrected chi connectivity index (χ1v) is 6.17. The van der Waals surface area contributed by atoms with Crippen LogP contribution in [0, 0.1) is 5.82 Å². The summed E-state index contributed by atoms with van der Waals surface area (Å²) in [6, 6.07) is 3.76. The predicted molar refractivity (Wildman–Crippen MR) is 71.4 cm³/mol. The first-order valence-electron chi connectivity index (χ1n) is 5.80. The molecule has 0 fully saturated rings. The van der Waals surface area contributed by atoms with Crippen molar-refractivity contribution < 1.29 is 19.1 Å². The summed E-state index contributed by atoms with van der Waals surface area (Å²) in [7, 11) is 0. The molecule has 0 aliphatic heterocycles. The Kier molecular flexibility index (Phi) is 4.49. The Labute approximate surface area is 123 Å². The number of hydrogen-bond donors (Lipinski definition) is 2. The molecule has 0 bridgehead atoms. The van der Waals surface area contributed by atoms with Gasteiger partial charge in [-0.3, -0.25) is 9.59 Å². The number of rotatable bonds is 5. The van der Waals surface area contributed by atoms with Crippen LogP contribution in [0.25, 0.3) is 0 Å². The number of carboxylic acid groups (broad SMARTS) is 1. The maximum atomic E-state index is 13.0. The number of nitrogens with one attached hydrogen (secondary N) is 1. The fourth-order valence-corrected chi connectivity index (χ4v) is 1.79. The molecule has 1 amide bonds. The number of aromatic nitrogens is 3. The highest BCUT2D eigenvalue weighted by Crippen LogP contribution is 2.19. The summed E-state index contributed by atoms with van der Waals surface area (Å²) >= 11 is 5.60. The van der Waals surface area contributed by atoms with E-state index in [0.717, 1.165) is 6.07 Å². The molecular weight excluding hydrogens is 303 g/mol. The van der Waals surface area contributed by atoms with Gasteiger partial charge in [-0.25, -0.2) is 9.07 Å². The van der Waals surface area contributed by atoms with Crippen molar-refractivity contribution in [2.45, 2.75) is 13.0 Å². The zero-order valence-electron chi connectivity index (χ0n) is 10.6. The summed E-state index contributed by atoms with van der Waals surface area (Å²) in [6.07, 6.45) is 0.985. The average Bonchev–Trinajstić information content (AvgIpc) is 2.80. The summed E-state index contributed by atoms with van der Waals surface area (Å²) in [6.45, 7) is -0.211. The third-order valence-electron chi connectivity index (χ3n) is 2.53. The van der Waals surface area contributed by atoms with Gasteiger partial charge in [0.05, 0.1) is 23.3 Å². The lowest BCUT2D eigenvalue weighted by atomic mass is 10.3. The van der Waals surface area contributed by atoms with E-state index in [0.29, 0.717) is 11.4 Å². The first kappa shape index (κ1) is 14.9. The molecule has 0 saturated carbocycles. The van der Waals surface area contributed by atoms with E-state index in [2.05, 4.69) is 15.6 Å². The molecule has 1 aromatic carbocycles. The van der Waals surface area contributed by atoms with Crippen LogP contribution >= 0.6 is 11.6 Å². The van der Waals surface area contributed by atoms with Crippen LogP contribution in [0.1, 0.15) is 5.69 Å². The molecule has 7 nitrogen and oxygen atoms in total. The molecule has 0 unspecified atom stereocenters. The number of anilines is 1. The lowest BCUT2D eigenvalue weighted by molar-refractivity contribution is -0.136. The Morgan fingerprint density at radius 1 is 1.43 bits per heavy atom. The second-order valence-electron chi connectivity index (χ2n) is 4.13. The standard InChI is InChI=1S/C12H10ClFN4O3/c13-9-3-7(1-2-10(9)14)16-11(19)6-18-8(4-12(20)21)5-15-17-18/h1-3,5H,4,6H2,(H,16,19)(H,20,21). The molecule has 2 aromatic rings. The van der Waals surface area contributed by atoms with Crippen LogP contribution in [-0.4, -0.2) is 32.0 Å². The number of carboxylic acids is 1. The summed E-state index contributed by atoms with van der Waals surface area (Å²) in [5.41, 5.74) is 0.626. The van der Waals surface area contributed by atoms with Gasteiger partial charge in [-0.1, -0.05) is 16.8 Å². The minimum absolute atomic E-state index is 0.111. The van der Waals surface area contributed by atoms with Gasteiger partial charge in [0.15, 0.2) is 0 Å². The minimum atomic E-state index is -1.05. The number of carbonyl (C=O) groups excluding carboxylic acids is 1. The average molecular weight is 313 g/mol. The Hall–Kier alpha value is -2.48. The first-order chi connectivity index (χ1) is 9.95. The molecule has 1 aromatic heterocycles. The van der Waals surface area contributed by atoms with Crippen molar-refractivity contribution >= 4 is 29.2 Å². The summed E-state index contributed by atoms with van der Waals surface area (Å²) < 4.78 is 14.2. The van der Waals surface area contributed by atoms with E-state index in [1.54, 1.807) is 0 Å². The molecule has 0 radical (unpaired) electrons. The maximum absolute atomic E-state index is 13.0. The molecule has 0 spiro atoms. The van der Waals surface area contributed by atoms with E-state index in [4.69, 9.17) is 16.7 Å². The van der Waals surface area contributed by atoms with E-state index < -0.39 is 17.7 Å². The number of benzene rings is 1. The Bertz CT molecular complexity index is 689. The van der Waals surface area contributed by atoms with E-state index >= 15 is 0 Å². The van der Waals surface area contributed by atoms with Crippen molar-refractivity contribution in [3.05, 3.63) is 40.9 Å². The van der Waals surface area contributed by atoms with Crippen LogP contribution in [0.2, 0.25) is 5.02 Å². The summed E-state index contributed by atoms with van der Waals surface area (Å²) in [5.74, 6) is -2.10. The maximum Gasteiger partial charge on any atom is 0.309 e. The molecule has 110 valence electrons. The second kappa shape index (κ2) is 6.31. The number of nitrogens with zero attached hydrogens (tertiary/aromatic N) is 3. The summed E-state index contributed by atoms with van der Waals surface area (Å²) in [4.78, 5) is 22.5. The molecule has 0 saturated heterocycles. The van der Waals surface area contributed by atoms with Crippen LogP contribution in [0.15, 0.2) is 24.4 Å². The molecular formula is C12H10ClFN4O3. The lowest BCUT2D eigenvalue weighted by Gasteiger charge is -2.07. The number of carbonyl (C=O) groups is 2. The van der Waals surface area contributed by atoms with E-state index in [1.165, 1.54) is 23.0 Å². The van der Waals surface area contributed by atoms with Crippen molar-refractivity contribution in [3.63, 3.8) is 0 Å². The smallest absolute Gasteiger partial charge is 0.309 e. The molecule has 1 heterocycles. The monoisotopic (exact) mass is 312 g/mol. The number of amides is 1. The fraction of sp³-hybridized carbons (Fsp3) is 0.167. The van der Waals surface area contributed by atoms with Crippen molar-refractivity contribution in [2.75, 3.05) is 5.32 Å². The normalized spacial score (nSPS) is 10.4. The van der Waals surface area contributed by atoms with E-state index in [1.807, 2.05) is 0 Å². The van der Waals surface area contributed by atoms with E-state index in [9.17, 15) is 14.0 Å². The third-order valence-corrected chi connectivity index (χ3v) is 2.82. The van der Waals surface area contributed by atoms with Gasteiger partial charge in [-0.05, 0) is 18.2 Å². The number of halogens is 2. The highest BCUT2D eigenvalue weighted by atomic mass is 35.5. The van der Waals surface area contributed by atoms with Gasteiger partial charge in [-0.15, -0.1) is 5.10 Å². The largest absolute Gasteiger partial charge is 0.481 e. The second-order valence-corrected chi connectivity index (χ2v) is 4.54. The Morgan fingerprint density at radius 3 is 2.86 bits per heavy atom. The van der Waals surface area contributed by atoms with Gasteiger partial charge < -0.3 is 10.4 Å². The third kappa shape index (κ3) is 3.99. The van der Waals surface area contributed by atoms with Gasteiger partial charge in [-0.2, -0.15) is 0 Å². The zero-order chi connectivity index (χ0) is 15.4. The number of aliphatic carboxylic acids is 1. The zero-order valence-corrected chi connectivity index (χ0v) is 11.3. The van der Waals surface area contributed by atoms with Crippen LogP contribution < -0.4 is 5.32 Å². The van der Waals surface area contributed by atoms with Crippen molar-refractivity contribution in [3.8, 4) is 0 Å². The van der Waals surface area contributed by atoms with Crippen LogP contribution in [0.4, 0.5) is 10.1 Å². The minimum Gasteiger partial charge on any atom is -0.481 e. The van der Waals surface area contributed by atoms with Crippen LogP contribution in [0.3, 0.4) is 0 Å². The molecule has 0 aliphatic carbocycles. The highest BCUT2D eigenvalue weighted by molar-refractivity contribution is 6.31. The van der Waals surface area contributed by atoms with Crippen LogP contribution in [-0.2, 0) is 22.6 Å². The quantitative estimate of drug-likeness (QED) is 0.868. The topological polar surface area (TPSA) is 97.1 Å². The molecule has 0 aliphatic rings. The lowest BCUT2D eigenvalue weighted by Crippen LogP contribution is -2.21. The van der Waals surface area contributed by atoms with E-state index in [-0.39, 0.29) is 18.0 Å². The Morgan fingerprint density at radius 2 is 2.19 bits per heavy atom. The summed E-state index contributed by atoms with van der Waals surface area (Å²) in [5, 5.41) is 18.3. The predicted octanol–water partition coefficient (Wildman–Crippen LogP) is 1.34. The highest BCUT2D eigenvalue weighted by Gasteiger charge is 2.12.